The summed E-state index contributed by atoms with van der Waals surface area (Å²) in [7, 11) is 3.18. The minimum Gasteiger partial charge on any atom is -0.496 e. The second kappa shape index (κ2) is 9.05. The Kier molecular flexibility index (Phi) is 6.51. The molecule has 2 heterocycles. The summed E-state index contributed by atoms with van der Waals surface area (Å²) < 4.78 is 13.6. The monoisotopic (exact) mass is 388 g/mol. The summed E-state index contributed by atoms with van der Waals surface area (Å²) in [6, 6.07) is 7.28. The van der Waals surface area contributed by atoms with Crippen molar-refractivity contribution >= 4 is 5.91 Å². The maximum absolute atomic E-state index is 12.9. The average molecular weight is 388 g/mol. The Morgan fingerprint density at radius 2 is 1.93 bits per heavy atom. The summed E-state index contributed by atoms with van der Waals surface area (Å²) in [5.41, 5.74) is 0.486. The number of para-hydroxylation sites is 1. The molecular formula is C20H28N4O4. The summed E-state index contributed by atoms with van der Waals surface area (Å²) in [6.07, 6.45) is 1.56. The lowest BCUT2D eigenvalue weighted by atomic mass is 9.95. The molecule has 1 aliphatic rings. The number of amides is 1. The molecule has 1 aromatic carbocycles. The van der Waals surface area contributed by atoms with Gasteiger partial charge in [0.05, 0.1) is 25.8 Å². The third-order valence-electron chi connectivity index (χ3n) is 5.26. The number of carbonyl (C=O) groups is 1. The molecule has 1 fully saturated rings. The molecule has 2 aromatic rings. The number of methoxy groups -OCH3 is 2. The Morgan fingerprint density at radius 1 is 1.21 bits per heavy atom. The summed E-state index contributed by atoms with van der Waals surface area (Å²) in [5, 5.41) is 4.56. The Morgan fingerprint density at radius 3 is 2.57 bits per heavy atom. The Labute approximate surface area is 164 Å². The fourth-order valence-electron chi connectivity index (χ4n) is 3.71. The van der Waals surface area contributed by atoms with Gasteiger partial charge in [-0.3, -0.25) is 9.36 Å². The predicted molar refractivity (Wildman–Crippen MR) is 105 cm³/mol. The first-order valence-corrected chi connectivity index (χ1v) is 9.69. The molecular weight excluding hydrogens is 360 g/mol. The van der Waals surface area contributed by atoms with Crippen molar-refractivity contribution in [2.24, 2.45) is 0 Å². The summed E-state index contributed by atoms with van der Waals surface area (Å²) in [5.74, 6) is 1.55. The molecule has 0 aliphatic carbocycles. The van der Waals surface area contributed by atoms with E-state index in [1.807, 2.05) is 24.0 Å². The standard InChI is InChI=1S/C20H28N4O4/c1-4-23-18(21-24(20(23)26)13-14-27-2)15-9-11-22(12-10-15)19(25)16-7-5-6-8-17(16)28-3/h5-8,15H,4,9-14H2,1-3H3. The van der Waals surface area contributed by atoms with Gasteiger partial charge in [0.2, 0.25) is 0 Å². The van der Waals surface area contributed by atoms with Crippen LogP contribution in [0.2, 0.25) is 0 Å². The zero-order valence-corrected chi connectivity index (χ0v) is 16.8. The first kappa shape index (κ1) is 20.1. The van der Waals surface area contributed by atoms with E-state index >= 15 is 0 Å². The third-order valence-corrected chi connectivity index (χ3v) is 5.26. The molecule has 1 aliphatic heterocycles. The molecule has 0 unspecified atom stereocenters. The average Bonchev–Trinajstić information content (AvgIpc) is 3.07. The van der Waals surface area contributed by atoms with Gasteiger partial charge in [-0.2, -0.15) is 5.10 Å². The van der Waals surface area contributed by atoms with Gasteiger partial charge in [0, 0.05) is 32.7 Å². The molecule has 0 N–H and O–H groups in total. The van der Waals surface area contributed by atoms with Crippen LogP contribution in [-0.2, 0) is 17.8 Å². The lowest BCUT2D eigenvalue weighted by molar-refractivity contribution is 0.0706. The SMILES string of the molecule is CCn1c(C2CCN(C(=O)c3ccccc3OC)CC2)nn(CCOC)c1=O. The second-order valence-corrected chi connectivity index (χ2v) is 6.87. The Bertz CT molecular complexity index is 865. The molecule has 152 valence electrons. The van der Waals surface area contributed by atoms with Crippen molar-refractivity contribution in [2.75, 3.05) is 33.9 Å². The molecule has 28 heavy (non-hydrogen) atoms. The highest BCUT2D eigenvalue weighted by Gasteiger charge is 2.29. The molecule has 3 rings (SSSR count). The summed E-state index contributed by atoms with van der Waals surface area (Å²) in [4.78, 5) is 27.3. The topological polar surface area (TPSA) is 78.6 Å². The Balaban J connectivity index is 1.72. The van der Waals surface area contributed by atoms with Gasteiger partial charge in [0.25, 0.3) is 5.91 Å². The van der Waals surface area contributed by atoms with Crippen LogP contribution in [0.1, 0.15) is 41.9 Å². The fraction of sp³-hybridized carbons (Fsp3) is 0.550. The van der Waals surface area contributed by atoms with E-state index in [4.69, 9.17) is 9.47 Å². The highest BCUT2D eigenvalue weighted by Crippen LogP contribution is 2.28. The van der Waals surface area contributed by atoms with Crippen molar-refractivity contribution in [1.82, 2.24) is 19.2 Å². The van der Waals surface area contributed by atoms with Gasteiger partial charge in [-0.15, -0.1) is 0 Å². The summed E-state index contributed by atoms with van der Waals surface area (Å²) >= 11 is 0. The van der Waals surface area contributed by atoms with E-state index in [1.54, 1.807) is 30.9 Å². The van der Waals surface area contributed by atoms with Gasteiger partial charge in [-0.25, -0.2) is 9.48 Å². The lowest BCUT2D eigenvalue weighted by Gasteiger charge is -2.32. The van der Waals surface area contributed by atoms with Crippen LogP contribution in [0.15, 0.2) is 29.1 Å². The van der Waals surface area contributed by atoms with E-state index in [1.165, 1.54) is 4.68 Å². The normalized spacial score (nSPS) is 15.0. The molecule has 0 bridgehead atoms. The van der Waals surface area contributed by atoms with E-state index in [9.17, 15) is 9.59 Å². The fourth-order valence-corrected chi connectivity index (χ4v) is 3.71. The highest BCUT2D eigenvalue weighted by atomic mass is 16.5. The second-order valence-electron chi connectivity index (χ2n) is 6.87. The van der Waals surface area contributed by atoms with Crippen LogP contribution in [0.5, 0.6) is 5.75 Å². The lowest BCUT2D eigenvalue weighted by Crippen LogP contribution is -2.38. The first-order chi connectivity index (χ1) is 13.6. The predicted octanol–water partition coefficient (Wildman–Crippen LogP) is 1.74. The van der Waals surface area contributed by atoms with Crippen molar-refractivity contribution in [1.29, 1.82) is 0 Å². The van der Waals surface area contributed by atoms with Gasteiger partial charge in [0.1, 0.15) is 11.6 Å². The van der Waals surface area contributed by atoms with E-state index in [-0.39, 0.29) is 17.5 Å². The maximum Gasteiger partial charge on any atom is 0.345 e. The third kappa shape index (κ3) is 3.96. The zero-order valence-electron chi connectivity index (χ0n) is 16.8. The largest absolute Gasteiger partial charge is 0.496 e. The van der Waals surface area contributed by atoms with E-state index in [0.717, 1.165) is 18.7 Å². The number of benzene rings is 1. The number of piperidine rings is 1. The quantitative estimate of drug-likeness (QED) is 0.722. The van der Waals surface area contributed by atoms with Crippen LogP contribution in [0.3, 0.4) is 0 Å². The van der Waals surface area contributed by atoms with Crippen molar-refractivity contribution in [2.45, 2.75) is 38.8 Å². The van der Waals surface area contributed by atoms with Gasteiger partial charge in [0.15, 0.2) is 0 Å². The summed E-state index contributed by atoms with van der Waals surface area (Å²) in [6.45, 7) is 4.69. The number of aromatic nitrogens is 3. The minimum absolute atomic E-state index is 0.0191. The van der Waals surface area contributed by atoms with Gasteiger partial charge >= 0.3 is 5.69 Å². The van der Waals surface area contributed by atoms with Crippen LogP contribution in [0.25, 0.3) is 0 Å². The molecule has 0 saturated carbocycles. The molecule has 0 radical (unpaired) electrons. The molecule has 1 saturated heterocycles. The van der Waals surface area contributed by atoms with E-state index in [2.05, 4.69) is 5.10 Å². The van der Waals surface area contributed by atoms with Gasteiger partial charge in [-0.1, -0.05) is 12.1 Å². The molecule has 1 aromatic heterocycles. The van der Waals surface area contributed by atoms with Crippen molar-refractivity contribution in [3.63, 3.8) is 0 Å². The zero-order chi connectivity index (χ0) is 20.1. The van der Waals surface area contributed by atoms with Gasteiger partial charge < -0.3 is 14.4 Å². The van der Waals surface area contributed by atoms with Crippen molar-refractivity contribution < 1.29 is 14.3 Å². The van der Waals surface area contributed by atoms with Crippen LogP contribution >= 0.6 is 0 Å². The minimum atomic E-state index is -0.0953. The Hall–Kier alpha value is -2.61. The van der Waals surface area contributed by atoms with Gasteiger partial charge in [-0.05, 0) is 31.9 Å². The van der Waals surface area contributed by atoms with Crippen molar-refractivity contribution in [3.05, 3.63) is 46.1 Å². The smallest absolute Gasteiger partial charge is 0.345 e. The number of carbonyl (C=O) groups excluding carboxylic acids is 1. The van der Waals surface area contributed by atoms with E-state index in [0.29, 0.717) is 44.1 Å². The molecule has 0 atom stereocenters. The first-order valence-electron chi connectivity index (χ1n) is 9.69. The molecule has 0 spiro atoms. The number of hydrogen-bond donors (Lipinski definition) is 0. The van der Waals surface area contributed by atoms with Crippen molar-refractivity contribution in [3.8, 4) is 5.75 Å². The number of nitrogens with zero attached hydrogens (tertiary/aromatic N) is 4. The van der Waals surface area contributed by atoms with Crippen LogP contribution < -0.4 is 10.4 Å². The molecule has 8 nitrogen and oxygen atoms in total. The highest BCUT2D eigenvalue weighted by molar-refractivity contribution is 5.97. The van der Waals surface area contributed by atoms with Crippen LogP contribution in [0.4, 0.5) is 0 Å². The molecule has 1 amide bonds. The number of likely N-dealkylation sites (tertiary alicyclic amines) is 1. The van der Waals surface area contributed by atoms with Crippen LogP contribution in [-0.4, -0.2) is 59.1 Å². The van der Waals surface area contributed by atoms with E-state index < -0.39 is 0 Å². The molecule has 8 heteroatoms. The number of rotatable bonds is 7. The number of hydrogen-bond acceptors (Lipinski definition) is 5. The number of ether oxygens (including phenoxy) is 2. The van der Waals surface area contributed by atoms with Crippen LogP contribution in [0, 0.1) is 0 Å². The maximum atomic E-state index is 12.9.